The van der Waals surface area contributed by atoms with E-state index in [1.807, 2.05) is 13.0 Å². The molecule has 1 spiro atoms. The van der Waals surface area contributed by atoms with Crippen molar-refractivity contribution >= 4 is 6.03 Å². The van der Waals surface area contributed by atoms with E-state index in [1.54, 1.807) is 19.0 Å². The van der Waals surface area contributed by atoms with Gasteiger partial charge in [0.2, 0.25) is 0 Å². The minimum absolute atomic E-state index is 0.0278. The summed E-state index contributed by atoms with van der Waals surface area (Å²) in [6.07, 6.45) is 2.75. The highest BCUT2D eigenvalue weighted by Gasteiger charge is 2.43. The quantitative estimate of drug-likeness (QED) is 0.910. The maximum absolute atomic E-state index is 11.9. The van der Waals surface area contributed by atoms with Gasteiger partial charge in [-0.2, -0.15) is 0 Å². The van der Waals surface area contributed by atoms with Crippen LogP contribution in [0.4, 0.5) is 4.79 Å². The van der Waals surface area contributed by atoms with E-state index < -0.39 is 0 Å². The molecule has 3 heterocycles. The van der Waals surface area contributed by atoms with Crippen molar-refractivity contribution in [1.29, 1.82) is 0 Å². The molecule has 7 nitrogen and oxygen atoms in total. The van der Waals surface area contributed by atoms with Crippen LogP contribution in [-0.2, 0) is 11.3 Å². The minimum atomic E-state index is -0.138. The first-order valence-corrected chi connectivity index (χ1v) is 8.22. The molecule has 7 heteroatoms. The molecule has 2 aliphatic heterocycles. The summed E-state index contributed by atoms with van der Waals surface area (Å²) in [5.74, 6) is 0.842. The van der Waals surface area contributed by atoms with E-state index in [-0.39, 0.29) is 17.7 Å². The Hall–Kier alpha value is -1.60. The highest BCUT2D eigenvalue weighted by Crippen LogP contribution is 2.34. The van der Waals surface area contributed by atoms with E-state index in [0.29, 0.717) is 6.61 Å². The average molecular weight is 322 g/mol. The molecule has 1 aromatic heterocycles. The Balaban J connectivity index is 1.56. The number of ether oxygens (including phenoxy) is 1. The molecule has 0 radical (unpaired) electrons. The summed E-state index contributed by atoms with van der Waals surface area (Å²) in [4.78, 5) is 15.8. The molecule has 0 bridgehead atoms. The lowest BCUT2D eigenvalue weighted by atomic mass is 9.89. The predicted molar refractivity (Wildman–Crippen MR) is 85.1 cm³/mol. The van der Waals surface area contributed by atoms with Gasteiger partial charge in [-0.05, 0) is 26.2 Å². The first kappa shape index (κ1) is 16.3. The second kappa shape index (κ2) is 6.49. The van der Waals surface area contributed by atoms with Crippen molar-refractivity contribution in [1.82, 2.24) is 20.3 Å². The zero-order valence-electron chi connectivity index (χ0n) is 14.2. The highest BCUT2D eigenvalue weighted by atomic mass is 16.5. The molecule has 0 aliphatic carbocycles. The summed E-state index contributed by atoms with van der Waals surface area (Å²) in [6.45, 7) is 5.27. The van der Waals surface area contributed by atoms with Crippen LogP contribution in [0.2, 0.25) is 0 Å². The van der Waals surface area contributed by atoms with Gasteiger partial charge in [0.05, 0.1) is 11.3 Å². The number of rotatable bonds is 3. The van der Waals surface area contributed by atoms with Crippen LogP contribution in [0.25, 0.3) is 0 Å². The Morgan fingerprint density at radius 3 is 3.09 bits per heavy atom. The van der Waals surface area contributed by atoms with Gasteiger partial charge >= 0.3 is 6.03 Å². The van der Waals surface area contributed by atoms with Gasteiger partial charge in [0.15, 0.2) is 0 Å². The Morgan fingerprint density at radius 1 is 1.57 bits per heavy atom. The fourth-order valence-corrected chi connectivity index (χ4v) is 3.52. The number of aryl methyl sites for hydroxylation is 1. The van der Waals surface area contributed by atoms with E-state index in [9.17, 15) is 4.79 Å². The Kier molecular flexibility index (Phi) is 4.59. The van der Waals surface area contributed by atoms with Gasteiger partial charge in [0, 0.05) is 52.4 Å². The molecule has 128 valence electrons. The number of nitrogens with one attached hydrogen (secondary N) is 1. The number of hydrogen-bond acceptors (Lipinski definition) is 5. The van der Waals surface area contributed by atoms with Crippen LogP contribution < -0.4 is 5.32 Å². The van der Waals surface area contributed by atoms with E-state index in [4.69, 9.17) is 9.26 Å². The van der Waals surface area contributed by atoms with Gasteiger partial charge in [0.25, 0.3) is 0 Å². The van der Waals surface area contributed by atoms with Gasteiger partial charge in [-0.15, -0.1) is 0 Å². The molecule has 2 atom stereocenters. The van der Waals surface area contributed by atoms with Crippen molar-refractivity contribution in [3.63, 3.8) is 0 Å². The molecule has 3 rings (SSSR count). The van der Waals surface area contributed by atoms with Crippen LogP contribution in [0, 0.1) is 6.92 Å². The largest absolute Gasteiger partial charge is 0.373 e. The van der Waals surface area contributed by atoms with Gasteiger partial charge < -0.3 is 19.5 Å². The molecule has 0 unspecified atom stereocenters. The van der Waals surface area contributed by atoms with Crippen LogP contribution in [0.15, 0.2) is 10.6 Å². The van der Waals surface area contributed by atoms with Crippen molar-refractivity contribution in [3.8, 4) is 0 Å². The van der Waals surface area contributed by atoms with Gasteiger partial charge in [-0.25, -0.2) is 4.79 Å². The van der Waals surface area contributed by atoms with Crippen molar-refractivity contribution in [2.75, 3.05) is 33.8 Å². The highest BCUT2D eigenvalue weighted by molar-refractivity contribution is 5.73. The number of urea groups is 1. The summed E-state index contributed by atoms with van der Waals surface area (Å²) in [6, 6.07) is 2.14. The lowest BCUT2D eigenvalue weighted by Crippen LogP contribution is -2.51. The normalized spacial score (nSPS) is 28.2. The maximum Gasteiger partial charge on any atom is 0.317 e. The zero-order chi connectivity index (χ0) is 16.4. The number of carbonyl (C=O) groups excluding carboxylic acids is 1. The second-order valence-corrected chi connectivity index (χ2v) is 6.95. The van der Waals surface area contributed by atoms with Crippen LogP contribution in [0.1, 0.15) is 30.7 Å². The molecule has 2 fully saturated rings. The van der Waals surface area contributed by atoms with Crippen LogP contribution >= 0.6 is 0 Å². The second-order valence-electron chi connectivity index (χ2n) is 6.95. The number of carbonyl (C=O) groups is 1. The topological polar surface area (TPSA) is 70.8 Å². The lowest BCUT2D eigenvalue weighted by molar-refractivity contribution is -0.0793. The molecular formula is C16H26N4O3. The van der Waals surface area contributed by atoms with Gasteiger partial charge in [0.1, 0.15) is 5.76 Å². The Morgan fingerprint density at radius 2 is 2.39 bits per heavy atom. The maximum atomic E-state index is 11.9. The molecular weight excluding hydrogens is 296 g/mol. The number of amides is 2. The third kappa shape index (κ3) is 3.84. The van der Waals surface area contributed by atoms with Gasteiger partial charge in [-0.3, -0.25) is 4.90 Å². The van der Waals surface area contributed by atoms with E-state index >= 15 is 0 Å². The standard InChI is InChI=1S/C16H26N4O3/c1-12-8-14(18-23-12)10-20-6-5-16(11-20)9-13(4-7-22-16)17-15(21)19(2)3/h8,13H,4-7,9-11H2,1-3H3,(H,17,21)/t13-,16-/m0/s1. The van der Waals surface area contributed by atoms with Crippen LogP contribution in [-0.4, -0.2) is 66.4 Å². The van der Waals surface area contributed by atoms with Crippen molar-refractivity contribution in [3.05, 3.63) is 17.5 Å². The van der Waals surface area contributed by atoms with E-state index in [2.05, 4.69) is 15.4 Å². The third-order valence-corrected chi connectivity index (χ3v) is 4.68. The minimum Gasteiger partial charge on any atom is -0.373 e. The fourth-order valence-electron chi connectivity index (χ4n) is 3.52. The number of aromatic nitrogens is 1. The monoisotopic (exact) mass is 322 g/mol. The molecule has 1 N–H and O–H groups in total. The fraction of sp³-hybridized carbons (Fsp3) is 0.750. The molecule has 1 aromatic rings. The lowest BCUT2D eigenvalue weighted by Gasteiger charge is -2.38. The van der Waals surface area contributed by atoms with E-state index in [1.165, 1.54) is 0 Å². The molecule has 0 aromatic carbocycles. The summed E-state index contributed by atoms with van der Waals surface area (Å²) < 4.78 is 11.3. The Labute approximate surface area is 136 Å². The summed E-state index contributed by atoms with van der Waals surface area (Å²) in [7, 11) is 3.53. The zero-order valence-corrected chi connectivity index (χ0v) is 14.2. The summed E-state index contributed by atoms with van der Waals surface area (Å²) in [5.41, 5.74) is 0.828. The molecule has 2 aliphatic rings. The molecule has 23 heavy (non-hydrogen) atoms. The summed E-state index contributed by atoms with van der Waals surface area (Å²) in [5, 5.41) is 7.17. The molecule has 2 saturated heterocycles. The van der Waals surface area contributed by atoms with Crippen molar-refractivity contribution in [2.24, 2.45) is 0 Å². The first-order chi connectivity index (χ1) is 11.0. The van der Waals surface area contributed by atoms with Crippen molar-refractivity contribution in [2.45, 2.75) is 44.4 Å². The smallest absolute Gasteiger partial charge is 0.317 e. The predicted octanol–water partition coefficient (Wildman–Crippen LogP) is 1.38. The summed E-state index contributed by atoms with van der Waals surface area (Å²) >= 11 is 0. The van der Waals surface area contributed by atoms with Crippen LogP contribution in [0.5, 0.6) is 0 Å². The first-order valence-electron chi connectivity index (χ1n) is 8.22. The van der Waals surface area contributed by atoms with E-state index in [0.717, 1.165) is 50.4 Å². The number of nitrogens with zero attached hydrogens (tertiary/aromatic N) is 3. The number of likely N-dealkylation sites (tertiary alicyclic amines) is 1. The van der Waals surface area contributed by atoms with Gasteiger partial charge in [-0.1, -0.05) is 5.16 Å². The SMILES string of the molecule is Cc1cc(CN2CC[C@]3(C[C@@H](NC(=O)N(C)C)CCO3)C2)no1. The van der Waals surface area contributed by atoms with Crippen molar-refractivity contribution < 1.29 is 14.1 Å². The molecule has 2 amide bonds. The van der Waals surface area contributed by atoms with Crippen LogP contribution in [0.3, 0.4) is 0 Å². The number of hydrogen-bond donors (Lipinski definition) is 1. The Bertz CT molecular complexity index is 559. The third-order valence-electron chi connectivity index (χ3n) is 4.68. The molecule has 0 saturated carbocycles. The average Bonchev–Trinajstić information content (AvgIpc) is 3.06.